The van der Waals surface area contributed by atoms with Crippen LogP contribution in [0.5, 0.6) is 0 Å². The number of hydrogen-bond acceptors (Lipinski definition) is 2. The Kier molecular flexibility index (Phi) is 4.41. The summed E-state index contributed by atoms with van der Waals surface area (Å²) < 4.78 is 0. The van der Waals surface area contributed by atoms with Crippen LogP contribution in [0.3, 0.4) is 0 Å². The van der Waals surface area contributed by atoms with Crippen LogP contribution in [0.15, 0.2) is 18.2 Å². The molecular weight excluding hydrogens is 220 g/mol. The van der Waals surface area contributed by atoms with Crippen molar-refractivity contribution in [3.05, 3.63) is 34.9 Å². The highest BCUT2D eigenvalue weighted by atomic mass is 14.7. The SMILES string of the molecule is CC(C)C(CN)C(N)c1ccc2c(c1)CCCC2. The highest BCUT2D eigenvalue weighted by Crippen LogP contribution is 2.29. The molecule has 1 aliphatic carbocycles. The Morgan fingerprint density at radius 3 is 2.39 bits per heavy atom. The highest BCUT2D eigenvalue weighted by Gasteiger charge is 2.22. The third kappa shape index (κ3) is 2.76. The number of hydrogen-bond donors (Lipinski definition) is 2. The van der Waals surface area contributed by atoms with Gasteiger partial charge in [-0.25, -0.2) is 0 Å². The lowest BCUT2D eigenvalue weighted by molar-refractivity contribution is 0.331. The Balaban J connectivity index is 2.22. The number of nitrogens with two attached hydrogens (primary N) is 2. The maximum Gasteiger partial charge on any atom is 0.0338 e. The molecule has 0 amide bonds. The van der Waals surface area contributed by atoms with E-state index in [0.717, 1.165) is 0 Å². The number of benzene rings is 1. The van der Waals surface area contributed by atoms with Gasteiger partial charge in [-0.15, -0.1) is 0 Å². The number of aryl methyl sites for hydroxylation is 2. The van der Waals surface area contributed by atoms with Crippen molar-refractivity contribution in [2.45, 2.75) is 45.6 Å². The Labute approximate surface area is 111 Å². The lowest BCUT2D eigenvalue weighted by atomic mass is 9.82. The smallest absolute Gasteiger partial charge is 0.0338 e. The van der Waals surface area contributed by atoms with Crippen molar-refractivity contribution in [2.75, 3.05) is 6.54 Å². The predicted octanol–water partition coefficient (Wildman–Crippen LogP) is 2.80. The van der Waals surface area contributed by atoms with Crippen molar-refractivity contribution in [1.82, 2.24) is 0 Å². The van der Waals surface area contributed by atoms with Crippen molar-refractivity contribution >= 4 is 0 Å². The Hall–Kier alpha value is -0.860. The van der Waals surface area contributed by atoms with Gasteiger partial charge in [-0.2, -0.15) is 0 Å². The molecule has 0 saturated carbocycles. The third-order valence-corrected chi connectivity index (χ3v) is 4.35. The van der Waals surface area contributed by atoms with E-state index in [1.54, 1.807) is 0 Å². The minimum Gasteiger partial charge on any atom is -0.330 e. The van der Waals surface area contributed by atoms with Gasteiger partial charge in [0.15, 0.2) is 0 Å². The van der Waals surface area contributed by atoms with E-state index in [-0.39, 0.29) is 6.04 Å². The molecule has 0 bridgehead atoms. The fourth-order valence-electron chi connectivity index (χ4n) is 3.04. The molecule has 0 heterocycles. The zero-order valence-corrected chi connectivity index (χ0v) is 11.7. The molecule has 1 aliphatic rings. The molecule has 0 fully saturated rings. The fraction of sp³-hybridized carbons (Fsp3) is 0.625. The highest BCUT2D eigenvalue weighted by molar-refractivity contribution is 5.35. The van der Waals surface area contributed by atoms with Crippen LogP contribution in [-0.4, -0.2) is 6.54 Å². The lowest BCUT2D eigenvalue weighted by Crippen LogP contribution is -2.32. The zero-order chi connectivity index (χ0) is 13.1. The second kappa shape index (κ2) is 5.85. The summed E-state index contributed by atoms with van der Waals surface area (Å²) >= 11 is 0. The molecule has 2 heteroatoms. The maximum absolute atomic E-state index is 6.40. The second-order valence-corrected chi connectivity index (χ2v) is 5.90. The van der Waals surface area contributed by atoms with Gasteiger partial charge >= 0.3 is 0 Å². The quantitative estimate of drug-likeness (QED) is 0.858. The summed E-state index contributed by atoms with van der Waals surface area (Å²) in [7, 11) is 0. The summed E-state index contributed by atoms with van der Waals surface area (Å²) in [5, 5.41) is 0. The average Bonchev–Trinajstić information content (AvgIpc) is 2.38. The third-order valence-electron chi connectivity index (χ3n) is 4.35. The maximum atomic E-state index is 6.40. The molecule has 1 aromatic carbocycles. The molecule has 2 atom stereocenters. The van der Waals surface area contributed by atoms with E-state index in [2.05, 4.69) is 32.0 Å². The molecule has 0 aliphatic heterocycles. The summed E-state index contributed by atoms with van der Waals surface area (Å²) in [6.45, 7) is 5.07. The van der Waals surface area contributed by atoms with Crippen LogP contribution in [0, 0.1) is 11.8 Å². The molecule has 100 valence electrons. The van der Waals surface area contributed by atoms with E-state index in [4.69, 9.17) is 11.5 Å². The van der Waals surface area contributed by atoms with Crippen LogP contribution in [0.25, 0.3) is 0 Å². The first kappa shape index (κ1) is 13.6. The standard InChI is InChI=1S/C16H26N2/c1-11(2)15(10-17)16(18)14-8-7-12-5-3-4-6-13(12)9-14/h7-9,11,15-16H,3-6,10,17-18H2,1-2H3. The van der Waals surface area contributed by atoms with Crippen LogP contribution < -0.4 is 11.5 Å². The molecule has 0 radical (unpaired) electrons. The van der Waals surface area contributed by atoms with Crippen LogP contribution >= 0.6 is 0 Å². The fourth-order valence-corrected chi connectivity index (χ4v) is 3.04. The molecule has 4 N–H and O–H groups in total. The monoisotopic (exact) mass is 246 g/mol. The Morgan fingerprint density at radius 1 is 1.11 bits per heavy atom. The van der Waals surface area contributed by atoms with E-state index in [0.29, 0.717) is 18.4 Å². The van der Waals surface area contributed by atoms with E-state index in [9.17, 15) is 0 Å². The molecule has 2 unspecified atom stereocenters. The largest absolute Gasteiger partial charge is 0.330 e. The summed E-state index contributed by atoms with van der Waals surface area (Å²) in [6.07, 6.45) is 5.09. The molecule has 18 heavy (non-hydrogen) atoms. The van der Waals surface area contributed by atoms with Gasteiger partial charge in [0.25, 0.3) is 0 Å². The van der Waals surface area contributed by atoms with Crippen molar-refractivity contribution < 1.29 is 0 Å². The van der Waals surface area contributed by atoms with Crippen LogP contribution in [0.4, 0.5) is 0 Å². The Bertz CT molecular complexity index is 398. The first-order chi connectivity index (χ1) is 8.63. The van der Waals surface area contributed by atoms with E-state index in [1.165, 1.54) is 42.4 Å². The number of fused-ring (bicyclic) bond motifs is 1. The van der Waals surface area contributed by atoms with E-state index < -0.39 is 0 Å². The van der Waals surface area contributed by atoms with E-state index >= 15 is 0 Å². The van der Waals surface area contributed by atoms with Crippen molar-refractivity contribution in [3.63, 3.8) is 0 Å². The molecule has 0 aromatic heterocycles. The molecule has 0 spiro atoms. The molecule has 1 aromatic rings. The van der Waals surface area contributed by atoms with Crippen LogP contribution in [0.2, 0.25) is 0 Å². The summed E-state index contributed by atoms with van der Waals surface area (Å²) in [5.74, 6) is 0.896. The Morgan fingerprint density at radius 2 is 1.78 bits per heavy atom. The van der Waals surface area contributed by atoms with Gasteiger partial charge in [0.2, 0.25) is 0 Å². The summed E-state index contributed by atoms with van der Waals surface area (Å²) in [5.41, 5.74) is 16.6. The lowest BCUT2D eigenvalue weighted by Gasteiger charge is -2.27. The van der Waals surface area contributed by atoms with Crippen LogP contribution in [-0.2, 0) is 12.8 Å². The first-order valence-corrected chi connectivity index (χ1v) is 7.21. The van der Waals surface area contributed by atoms with Gasteiger partial charge in [-0.3, -0.25) is 0 Å². The topological polar surface area (TPSA) is 52.0 Å². The van der Waals surface area contributed by atoms with Crippen LogP contribution in [0.1, 0.15) is 49.4 Å². The first-order valence-electron chi connectivity index (χ1n) is 7.21. The summed E-state index contributed by atoms with van der Waals surface area (Å²) in [4.78, 5) is 0. The van der Waals surface area contributed by atoms with Gasteiger partial charge in [-0.05, 0) is 60.8 Å². The van der Waals surface area contributed by atoms with Crippen molar-refractivity contribution in [3.8, 4) is 0 Å². The molecular formula is C16H26N2. The molecule has 2 rings (SSSR count). The average molecular weight is 246 g/mol. The number of rotatable bonds is 4. The molecule has 2 nitrogen and oxygen atoms in total. The van der Waals surface area contributed by atoms with Gasteiger partial charge in [0.05, 0.1) is 0 Å². The van der Waals surface area contributed by atoms with E-state index in [1.807, 2.05) is 0 Å². The minimum atomic E-state index is 0.0715. The van der Waals surface area contributed by atoms with Gasteiger partial charge in [-0.1, -0.05) is 32.0 Å². The second-order valence-electron chi connectivity index (χ2n) is 5.90. The summed E-state index contributed by atoms with van der Waals surface area (Å²) in [6, 6.07) is 6.88. The normalized spacial score (nSPS) is 18.5. The van der Waals surface area contributed by atoms with Gasteiger partial charge in [0, 0.05) is 6.04 Å². The van der Waals surface area contributed by atoms with Gasteiger partial charge in [0.1, 0.15) is 0 Å². The molecule has 0 saturated heterocycles. The minimum absolute atomic E-state index is 0.0715. The predicted molar refractivity (Wildman–Crippen MR) is 77.4 cm³/mol. The van der Waals surface area contributed by atoms with Crippen molar-refractivity contribution in [2.24, 2.45) is 23.3 Å². The van der Waals surface area contributed by atoms with Crippen molar-refractivity contribution in [1.29, 1.82) is 0 Å². The zero-order valence-electron chi connectivity index (χ0n) is 11.7. The van der Waals surface area contributed by atoms with Gasteiger partial charge < -0.3 is 11.5 Å².